The van der Waals surface area contributed by atoms with Gasteiger partial charge in [-0.1, -0.05) is 24.8 Å². The molecular formula is C13H22N6S. The first-order chi connectivity index (χ1) is 9.80. The Kier molecular flexibility index (Phi) is 5.60. The molecule has 0 aliphatic rings. The van der Waals surface area contributed by atoms with E-state index < -0.39 is 0 Å². The van der Waals surface area contributed by atoms with Crippen molar-refractivity contribution in [1.29, 1.82) is 0 Å². The van der Waals surface area contributed by atoms with Crippen LogP contribution in [0.5, 0.6) is 0 Å². The molecule has 1 unspecified atom stereocenters. The molecule has 0 saturated heterocycles. The average molecular weight is 294 g/mol. The molecular weight excluding hydrogens is 272 g/mol. The zero-order valence-electron chi connectivity index (χ0n) is 12.3. The molecule has 2 aromatic rings. The zero-order chi connectivity index (χ0) is 14.4. The fraction of sp³-hybridized carbons (Fsp3) is 0.692. The molecule has 0 bridgehead atoms. The van der Waals surface area contributed by atoms with Crippen LogP contribution in [0.25, 0.3) is 0 Å². The second-order valence-corrected chi connectivity index (χ2v) is 5.43. The lowest BCUT2D eigenvalue weighted by Crippen LogP contribution is -2.24. The summed E-state index contributed by atoms with van der Waals surface area (Å²) in [5.41, 5.74) is 1.12. The SMILES string of the molecule is CCCc1nnsc1C(Cc1ncnn1CC)NCC. The lowest BCUT2D eigenvalue weighted by atomic mass is 10.1. The predicted molar refractivity (Wildman–Crippen MR) is 79.7 cm³/mol. The van der Waals surface area contributed by atoms with E-state index in [4.69, 9.17) is 0 Å². The summed E-state index contributed by atoms with van der Waals surface area (Å²) >= 11 is 1.49. The number of hydrogen-bond donors (Lipinski definition) is 1. The van der Waals surface area contributed by atoms with Gasteiger partial charge in [-0.25, -0.2) is 4.98 Å². The molecule has 2 rings (SSSR count). The minimum Gasteiger partial charge on any atom is -0.309 e. The van der Waals surface area contributed by atoms with Crippen molar-refractivity contribution in [3.63, 3.8) is 0 Å². The summed E-state index contributed by atoms with van der Waals surface area (Å²) in [7, 11) is 0. The van der Waals surface area contributed by atoms with Crippen molar-refractivity contribution in [1.82, 2.24) is 29.7 Å². The third kappa shape index (κ3) is 3.40. The van der Waals surface area contributed by atoms with Crippen molar-refractivity contribution in [3.8, 4) is 0 Å². The van der Waals surface area contributed by atoms with E-state index in [1.54, 1.807) is 6.33 Å². The van der Waals surface area contributed by atoms with Crippen molar-refractivity contribution in [2.45, 2.75) is 52.6 Å². The maximum Gasteiger partial charge on any atom is 0.138 e. The molecule has 7 heteroatoms. The van der Waals surface area contributed by atoms with Crippen molar-refractivity contribution in [2.24, 2.45) is 0 Å². The Labute approximate surface area is 123 Å². The fourth-order valence-corrected chi connectivity index (χ4v) is 3.06. The smallest absolute Gasteiger partial charge is 0.138 e. The maximum atomic E-state index is 4.37. The van der Waals surface area contributed by atoms with Crippen LogP contribution in [0.1, 0.15) is 49.6 Å². The molecule has 1 atom stereocenters. The normalized spacial score (nSPS) is 12.8. The number of hydrogen-bond acceptors (Lipinski definition) is 6. The number of likely N-dealkylation sites (N-methyl/N-ethyl adjacent to an activating group) is 1. The number of nitrogens with one attached hydrogen (secondary N) is 1. The molecule has 1 N–H and O–H groups in total. The predicted octanol–water partition coefficient (Wildman–Crippen LogP) is 2.00. The topological polar surface area (TPSA) is 68.5 Å². The summed E-state index contributed by atoms with van der Waals surface area (Å²) in [5, 5.41) is 12.0. The Morgan fingerprint density at radius 1 is 1.35 bits per heavy atom. The van der Waals surface area contributed by atoms with Gasteiger partial charge in [-0.3, -0.25) is 4.68 Å². The van der Waals surface area contributed by atoms with Crippen LogP contribution >= 0.6 is 11.5 Å². The lowest BCUT2D eigenvalue weighted by Gasteiger charge is -2.16. The number of rotatable bonds is 8. The van der Waals surface area contributed by atoms with Crippen molar-refractivity contribution < 1.29 is 0 Å². The van der Waals surface area contributed by atoms with E-state index in [1.807, 2.05) is 4.68 Å². The minimum atomic E-state index is 0.219. The van der Waals surface area contributed by atoms with Crippen molar-refractivity contribution >= 4 is 11.5 Å². The third-order valence-electron chi connectivity index (χ3n) is 3.22. The van der Waals surface area contributed by atoms with Gasteiger partial charge in [-0.2, -0.15) is 5.10 Å². The molecule has 110 valence electrons. The molecule has 0 aliphatic heterocycles. The Morgan fingerprint density at radius 3 is 2.90 bits per heavy atom. The van der Waals surface area contributed by atoms with E-state index in [2.05, 4.69) is 45.8 Å². The summed E-state index contributed by atoms with van der Waals surface area (Å²) < 4.78 is 6.07. The van der Waals surface area contributed by atoms with Crippen molar-refractivity contribution in [2.75, 3.05) is 6.54 Å². The molecule has 0 amide bonds. The van der Waals surface area contributed by atoms with E-state index in [9.17, 15) is 0 Å². The molecule has 2 heterocycles. The van der Waals surface area contributed by atoms with Crippen LogP contribution in [-0.4, -0.2) is 30.9 Å². The van der Waals surface area contributed by atoms with E-state index in [-0.39, 0.29) is 6.04 Å². The Balaban J connectivity index is 2.20. The van der Waals surface area contributed by atoms with Gasteiger partial charge in [0.1, 0.15) is 12.2 Å². The Hall–Kier alpha value is -1.34. The number of nitrogens with zero attached hydrogens (tertiary/aromatic N) is 5. The zero-order valence-corrected chi connectivity index (χ0v) is 13.2. The summed E-state index contributed by atoms with van der Waals surface area (Å²) in [5.74, 6) is 1.01. The summed E-state index contributed by atoms with van der Waals surface area (Å²) in [4.78, 5) is 5.61. The summed E-state index contributed by atoms with van der Waals surface area (Å²) in [6, 6.07) is 0.219. The van der Waals surface area contributed by atoms with E-state index in [1.165, 1.54) is 16.4 Å². The highest BCUT2D eigenvalue weighted by atomic mass is 32.1. The number of aryl methyl sites for hydroxylation is 2. The van der Waals surface area contributed by atoms with Crippen LogP contribution in [0.3, 0.4) is 0 Å². The molecule has 20 heavy (non-hydrogen) atoms. The molecule has 2 aromatic heterocycles. The van der Waals surface area contributed by atoms with Gasteiger partial charge in [0, 0.05) is 13.0 Å². The van der Waals surface area contributed by atoms with Gasteiger partial charge < -0.3 is 5.32 Å². The van der Waals surface area contributed by atoms with Gasteiger partial charge in [0.25, 0.3) is 0 Å². The standard InChI is InChI=1S/C13H22N6S/c1-4-7-10-13(20-18-17-10)11(14-5-2)8-12-15-9-16-19(12)6-3/h9,11,14H,4-8H2,1-3H3. The summed E-state index contributed by atoms with van der Waals surface area (Å²) in [6.07, 6.45) is 4.51. The molecule has 0 saturated carbocycles. The lowest BCUT2D eigenvalue weighted by molar-refractivity contribution is 0.511. The molecule has 0 fully saturated rings. The van der Waals surface area contributed by atoms with Gasteiger partial charge >= 0.3 is 0 Å². The van der Waals surface area contributed by atoms with E-state index >= 15 is 0 Å². The first-order valence-electron chi connectivity index (χ1n) is 7.21. The van der Waals surface area contributed by atoms with Gasteiger partial charge in [0.15, 0.2) is 0 Å². The largest absolute Gasteiger partial charge is 0.309 e. The van der Waals surface area contributed by atoms with Gasteiger partial charge in [0.05, 0.1) is 16.6 Å². The van der Waals surface area contributed by atoms with Crippen LogP contribution in [-0.2, 0) is 19.4 Å². The van der Waals surface area contributed by atoms with Crippen LogP contribution in [0.4, 0.5) is 0 Å². The Bertz CT molecular complexity index is 520. The highest BCUT2D eigenvalue weighted by Gasteiger charge is 2.20. The monoisotopic (exact) mass is 294 g/mol. The van der Waals surface area contributed by atoms with Gasteiger partial charge in [-0.15, -0.1) is 5.10 Å². The Morgan fingerprint density at radius 2 is 2.20 bits per heavy atom. The third-order valence-corrected chi connectivity index (χ3v) is 4.10. The van der Waals surface area contributed by atoms with Gasteiger partial charge in [0.2, 0.25) is 0 Å². The van der Waals surface area contributed by atoms with E-state index in [0.717, 1.165) is 43.9 Å². The van der Waals surface area contributed by atoms with Gasteiger partial charge in [-0.05, 0) is 31.4 Å². The molecule has 0 aromatic carbocycles. The number of aromatic nitrogens is 5. The van der Waals surface area contributed by atoms with Crippen LogP contribution in [0.2, 0.25) is 0 Å². The highest BCUT2D eigenvalue weighted by molar-refractivity contribution is 7.05. The first kappa shape index (κ1) is 15.1. The minimum absolute atomic E-state index is 0.219. The molecule has 0 aliphatic carbocycles. The molecule has 6 nitrogen and oxygen atoms in total. The quantitative estimate of drug-likeness (QED) is 0.806. The molecule has 0 radical (unpaired) electrons. The highest BCUT2D eigenvalue weighted by Crippen LogP contribution is 2.24. The van der Waals surface area contributed by atoms with Crippen molar-refractivity contribution in [3.05, 3.63) is 22.7 Å². The summed E-state index contributed by atoms with van der Waals surface area (Å²) in [6.45, 7) is 8.12. The first-order valence-corrected chi connectivity index (χ1v) is 7.98. The second kappa shape index (κ2) is 7.44. The second-order valence-electron chi connectivity index (χ2n) is 4.64. The van der Waals surface area contributed by atoms with Crippen LogP contribution in [0, 0.1) is 0 Å². The maximum absolute atomic E-state index is 4.37. The van der Waals surface area contributed by atoms with E-state index in [0.29, 0.717) is 0 Å². The molecule has 0 spiro atoms. The average Bonchev–Trinajstić information content (AvgIpc) is 3.07. The fourth-order valence-electron chi connectivity index (χ4n) is 2.29. The van der Waals surface area contributed by atoms with Crippen LogP contribution in [0.15, 0.2) is 6.33 Å². The van der Waals surface area contributed by atoms with Crippen LogP contribution < -0.4 is 5.32 Å².